The van der Waals surface area contributed by atoms with Crippen LogP contribution >= 0.6 is 0 Å². The fourth-order valence-electron chi connectivity index (χ4n) is 2.56. The second-order valence-electron chi connectivity index (χ2n) is 6.59. The minimum absolute atomic E-state index is 0.137. The van der Waals surface area contributed by atoms with E-state index in [1.54, 1.807) is 13.8 Å². The van der Waals surface area contributed by atoms with Gasteiger partial charge in [-0.15, -0.1) is 0 Å². The maximum Gasteiger partial charge on any atom is 0.416 e. The molecule has 1 atom stereocenters. The first-order chi connectivity index (χ1) is 13.1. The summed E-state index contributed by atoms with van der Waals surface area (Å²) in [5, 5.41) is 4.99. The van der Waals surface area contributed by atoms with E-state index >= 15 is 0 Å². The number of rotatable bonds is 6. The van der Waals surface area contributed by atoms with Gasteiger partial charge in [0, 0.05) is 6.54 Å². The summed E-state index contributed by atoms with van der Waals surface area (Å²) in [7, 11) is 0. The second kappa shape index (κ2) is 8.86. The van der Waals surface area contributed by atoms with E-state index in [4.69, 9.17) is 0 Å². The van der Waals surface area contributed by atoms with Gasteiger partial charge in [0.05, 0.1) is 11.1 Å². The van der Waals surface area contributed by atoms with Gasteiger partial charge in [0.1, 0.15) is 11.9 Å². The molecule has 0 unspecified atom stereocenters. The van der Waals surface area contributed by atoms with Crippen molar-refractivity contribution in [3.8, 4) is 0 Å². The van der Waals surface area contributed by atoms with Crippen LogP contribution < -0.4 is 10.6 Å². The maximum atomic E-state index is 13.7. The zero-order chi connectivity index (χ0) is 20.9. The van der Waals surface area contributed by atoms with E-state index in [0.717, 1.165) is 18.2 Å². The van der Waals surface area contributed by atoms with Crippen molar-refractivity contribution in [2.24, 2.45) is 5.92 Å². The number of nitrogens with one attached hydrogen (secondary N) is 2. The van der Waals surface area contributed by atoms with Gasteiger partial charge in [0.15, 0.2) is 0 Å². The molecule has 2 N–H and O–H groups in total. The Bertz CT molecular complexity index is 850. The number of benzene rings is 2. The molecule has 0 radical (unpaired) electrons. The molecule has 2 amide bonds. The molecule has 0 fully saturated rings. The zero-order valence-corrected chi connectivity index (χ0v) is 15.3. The molecule has 4 nitrogen and oxygen atoms in total. The van der Waals surface area contributed by atoms with Gasteiger partial charge in [-0.1, -0.05) is 38.1 Å². The third-order valence-corrected chi connectivity index (χ3v) is 4.08. The van der Waals surface area contributed by atoms with Crippen LogP contribution in [0.3, 0.4) is 0 Å². The van der Waals surface area contributed by atoms with E-state index in [1.165, 1.54) is 30.3 Å². The molecule has 28 heavy (non-hydrogen) atoms. The fourth-order valence-corrected chi connectivity index (χ4v) is 2.56. The molecule has 2 rings (SSSR count). The van der Waals surface area contributed by atoms with Gasteiger partial charge in [0.25, 0.3) is 5.91 Å². The number of hydrogen-bond donors (Lipinski definition) is 2. The molecule has 0 aliphatic rings. The van der Waals surface area contributed by atoms with Crippen molar-refractivity contribution in [2.75, 3.05) is 0 Å². The van der Waals surface area contributed by atoms with Crippen molar-refractivity contribution in [3.63, 3.8) is 0 Å². The molecule has 8 heteroatoms. The van der Waals surface area contributed by atoms with E-state index < -0.39 is 35.4 Å². The van der Waals surface area contributed by atoms with Crippen molar-refractivity contribution < 1.29 is 27.2 Å². The van der Waals surface area contributed by atoms with Crippen LogP contribution in [-0.4, -0.2) is 17.9 Å². The fraction of sp³-hybridized carbons (Fsp3) is 0.300. The first-order valence-corrected chi connectivity index (χ1v) is 8.59. The van der Waals surface area contributed by atoms with Crippen LogP contribution in [0.25, 0.3) is 0 Å². The van der Waals surface area contributed by atoms with E-state index in [0.29, 0.717) is 0 Å². The summed E-state index contributed by atoms with van der Waals surface area (Å²) in [4.78, 5) is 24.7. The van der Waals surface area contributed by atoms with Crippen LogP contribution in [0.5, 0.6) is 0 Å². The Balaban J connectivity index is 2.06. The van der Waals surface area contributed by atoms with Crippen LogP contribution in [0, 0.1) is 11.7 Å². The van der Waals surface area contributed by atoms with Gasteiger partial charge in [0.2, 0.25) is 5.91 Å². The predicted octanol–water partition coefficient (Wildman–Crippen LogP) is 3.92. The lowest BCUT2D eigenvalue weighted by molar-refractivity contribution is -0.137. The monoisotopic (exact) mass is 396 g/mol. The van der Waals surface area contributed by atoms with Crippen LogP contribution in [0.1, 0.15) is 35.3 Å². The molecule has 0 saturated heterocycles. The molecule has 0 heterocycles. The zero-order valence-electron chi connectivity index (χ0n) is 15.3. The van der Waals surface area contributed by atoms with E-state index in [-0.39, 0.29) is 23.6 Å². The second-order valence-corrected chi connectivity index (χ2v) is 6.59. The summed E-state index contributed by atoms with van der Waals surface area (Å²) in [5.74, 6) is -2.35. The molecule has 150 valence electrons. The topological polar surface area (TPSA) is 58.2 Å². The average molecular weight is 396 g/mol. The number of amides is 2. The largest absolute Gasteiger partial charge is 0.416 e. The minimum atomic E-state index is -4.48. The quantitative estimate of drug-likeness (QED) is 0.728. The van der Waals surface area contributed by atoms with E-state index in [1.807, 2.05) is 0 Å². The van der Waals surface area contributed by atoms with Crippen molar-refractivity contribution in [3.05, 3.63) is 71.0 Å². The highest BCUT2D eigenvalue weighted by Crippen LogP contribution is 2.29. The Morgan fingerprint density at radius 1 is 1.04 bits per heavy atom. The van der Waals surface area contributed by atoms with Crippen molar-refractivity contribution in [1.82, 2.24) is 10.6 Å². The lowest BCUT2D eigenvalue weighted by atomic mass is 10.0. The van der Waals surface area contributed by atoms with Gasteiger partial charge in [-0.2, -0.15) is 13.2 Å². The highest BCUT2D eigenvalue weighted by Gasteiger charge is 2.30. The lowest BCUT2D eigenvalue weighted by Gasteiger charge is -2.22. The van der Waals surface area contributed by atoms with Gasteiger partial charge < -0.3 is 10.6 Å². The number of carbonyl (C=O) groups is 2. The summed E-state index contributed by atoms with van der Waals surface area (Å²) in [6.45, 7) is 3.24. The van der Waals surface area contributed by atoms with E-state index in [9.17, 15) is 27.2 Å². The average Bonchev–Trinajstić information content (AvgIpc) is 2.63. The third-order valence-electron chi connectivity index (χ3n) is 4.08. The highest BCUT2D eigenvalue weighted by molar-refractivity contribution is 5.97. The molecule has 2 aromatic rings. The molecule has 0 saturated carbocycles. The third kappa shape index (κ3) is 5.55. The Kier molecular flexibility index (Phi) is 6.77. The SMILES string of the molecule is CC(C)[C@H](NC(=O)c1ccccc1F)C(=O)NCc1cccc(C(F)(F)F)c1. The molecular weight excluding hydrogens is 376 g/mol. The van der Waals surface area contributed by atoms with Crippen LogP contribution in [0.2, 0.25) is 0 Å². The molecule has 2 aromatic carbocycles. The summed E-state index contributed by atoms with van der Waals surface area (Å²) < 4.78 is 52.1. The van der Waals surface area contributed by atoms with E-state index in [2.05, 4.69) is 10.6 Å². The Hall–Kier alpha value is -2.90. The summed E-state index contributed by atoms with van der Waals surface area (Å²) >= 11 is 0. The maximum absolute atomic E-state index is 13.7. The lowest BCUT2D eigenvalue weighted by Crippen LogP contribution is -2.49. The number of carbonyl (C=O) groups excluding carboxylic acids is 2. The van der Waals surface area contributed by atoms with Gasteiger partial charge in [-0.25, -0.2) is 4.39 Å². The van der Waals surface area contributed by atoms with Gasteiger partial charge >= 0.3 is 6.18 Å². The van der Waals surface area contributed by atoms with Crippen molar-refractivity contribution >= 4 is 11.8 Å². The molecule has 0 aromatic heterocycles. The minimum Gasteiger partial charge on any atom is -0.350 e. The Morgan fingerprint density at radius 3 is 2.32 bits per heavy atom. The first-order valence-electron chi connectivity index (χ1n) is 8.59. The molecule has 0 aliphatic heterocycles. The summed E-state index contributed by atoms with van der Waals surface area (Å²) in [6.07, 6.45) is -4.48. The number of halogens is 4. The standard InChI is InChI=1S/C20H20F4N2O2/c1-12(2)17(26-18(27)15-8-3-4-9-16(15)21)19(28)25-11-13-6-5-7-14(10-13)20(22,23)24/h3-10,12,17H,11H2,1-2H3,(H,25,28)(H,26,27)/t17-/m0/s1. The Labute approximate surface area is 159 Å². The van der Waals surface area contributed by atoms with Crippen molar-refractivity contribution in [1.29, 1.82) is 0 Å². The van der Waals surface area contributed by atoms with Gasteiger partial charge in [-0.05, 0) is 35.7 Å². The molecule has 0 aliphatic carbocycles. The number of hydrogen-bond acceptors (Lipinski definition) is 2. The molecule has 0 spiro atoms. The van der Waals surface area contributed by atoms with Crippen LogP contribution in [0.15, 0.2) is 48.5 Å². The van der Waals surface area contributed by atoms with Crippen LogP contribution in [0.4, 0.5) is 17.6 Å². The molecule has 0 bridgehead atoms. The Morgan fingerprint density at radius 2 is 1.71 bits per heavy atom. The number of alkyl halides is 3. The van der Waals surface area contributed by atoms with Crippen LogP contribution in [-0.2, 0) is 17.5 Å². The van der Waals surface area contributed by atoms with Crippen molar-refractivity contribution in [2.45, 2.75) is 32.6 Å². The molecular formula is C20H20F4N2O2. The summed E-state index contributed by atoms with van der Waals surface area (Å²) in [5.41, 5.74) is -0.738. The normalized spacial score (nSPS) is 12.5. The highest BCUT2D eigenvalue weighted by atomic mass is 19.4. The first kappa shape index (κ1) is 21.4. The predicted molar refractivity (Wildman–Crippen MR) is 95.8 cm³/mol. The smallest absolute Gasteiger partial charge is 0.350 e. The van der Waals surface area contributed by atoms with Gasteiger partial charge in [-0.3, -0.25) is 9.59 Å². The summed E-state index contributed by atoms with van der Waals surface area (Å²) in [6, 6.07) is 8.99.